The number of alkyl halides is 3. The first-order chi connectivity index (χ1) is 15.8. The normalized spacial score (nSPS) is 11.0. The van der Waals surface area contributed by atoms with Gasteiger partial charge in [-0.3, -0.25) is 10.1 Å². The third-order valence-corrected chi connectivity index (χ3v) is 4.89. The number of anilines is 2. The molecule has 4 rings (SSSR count). The third kappa shape index (κ3) is 5.30. The van der Waals surface area contributed by atoms with Gasteiger partial charge in [0.05, 0.1) is 23.5 Å². The lowest BCUT2D eigenvalue weighted by atomic mass is 10.1. The summed E-state index contributed by atoms with van der Waals surface area (Å²) in [4.78, 5) is 16.5. The summed E-state index contributed by atoms with van der Waals surface area (Å²) in [5.41, 5.74) is 3.09. The third-order valence-electron chi connectivity index (χ3n) is 4.89. The lowest BCUT2D eigenvalue weighted by molar-refractivity contribution is -0.137. The highest BCUT2D eigenvalue weighted by Gasteiger charge is 2.30. The molecule has 4 aromatic rings. The van der Waals surface area contributed by atoms with Crippen molar-refractivity contribution in [2.45, 2.75) is 19.5 Å². The molecule has 0 radical (unpaired) electrons. The molecule has 2 heterocycles. The quantitative estimate of drug-likeness (QED) is 0.360. The molecule has 0 aliphatic rings. The Hall–Kier alpha value is -4.32. The van der Waals surface area contributed by atoms with Crippen LogP contribution < -0.4 is 10.6 Å². The van der Waals surface area contributed by atoms with Crippen LogP contribution in [0.25, 0.3) is 10.9 Å². The number of urea groups is 1. The van der Waals surface area contributed by atoms with E-state index in [-0.39, 0.29) is 5.69 Å². The minimum atomic E-state index is -4.49. The number of amides is 2. The SMILES string of the molecule is Cc1ccc(NC(=O)Nc2cccc(C(F)(F)F)c2)cc1C#CCc1cncc2[nH]ncc12. The molecule has 33 heavy (non-hydrogen) atoms. The summed E-state index contributed by atoms with van der Waals surface area (Å²) in [6, 6.07) is 9.00. The van der Waals surface area contributed by atoms with Crippen molar-refractivity contribution < 1.29 is 18.0 Å². The Kier molecular flexibility index (Phi) is 6.00. The molecule has 2 amide bonds. The summed E-state index contributed by atoms with van der Waals surface area (Å²) in [5, 5.41) is 12.9. The number of hydrogen-bond acceptors (Lipinski definition) is 3. The van der Waals surface area contributed by atoms with E-state index < -0.39 is 17.8 Å². The maximum absolute atomic E-state index is 12.9. The monoisotopic (exact) mass is 449 g/mol. The number of benzene rings is 2. The average Bonchev–Trinajstić information content (AvgIpc) is 3.25. The first-order valence-electron chi connectivity index (χ1n) is 9.90. The fraction of sp³-hybridized carbons (Fsp3) is 0.125. The smallest absolute Gasteiger partial charge is 0.308 e. The number of halogens is 3. The highest BCUT2D eigenvalue weighted by Crippen LogP contribution is 2.30. The van der Waals surface area contributed by atoms with Gasteiger partial charge in [0.2, 0.25) is 0 Å². The van der Waals surface area contributed by atoms with Gasteiger partial charge in [0.1, 0.15) is 0 Å². The van der Waals surface area contributed by atoms with Crippen molar-refractivity contribution in [1.82, 2.24) is 15.2 Å². The molecule has 0 bridgehead atoms. The zero-order chi connectivity index (χ0) is 23.4. The van der Waals surface area contributed by atoms with Gasteiger partial charge in [0, 0.05) is 34.9 Å². The fourth-order valence-electron chi connectivity index (χ4n) is 3.20. The van der Waals surface area contributed by atoms with Crippen LogP contribution in [0.15, 0.2) is 61.1 Å². The summed E-state index contributed by atoms with van der Waals surface area (Å²) < 4.78 is 38.6. The van der Waals surface area contributed by atoms with Crippen molar-refractivity contribution in [2.24, 2.45) is 0 Å². The largest absolute Gasteiger partial charge is 0.416 e. The molecule has 6 nitrogen and oxygen atoms in total. The molecule has 0 atom stereocenters. The molecule has 0 spiro atoms. The summed E-state index contributed by atoms with van der Waals surface area (Å²) in [7, 11) is 0. The second-order valence-electron chi connectivity index (χ2n) is 7.30. The van der Waals surface area contributed by atoms with E-state index in [1.165, 1.54) is 12.1 Å². The second kappa shape index (κ2) is 9.04. The molecular weight excluding hydrogens is 431 g/mol. The number of carbonyl (C=O) groups is 1. The first kappa shape index (κ1) is 21.9. The lowest BCUT2D eigenvalue weighted by Gasteiger charge is -2.11. The van der Waals surface area contributed by atoms with Crippen molar-refractivity contribution in [3.05, 3.63) is 83.3 Å². The zero-order valence-electron chi connectivity index (χ0n) is 17.4. The van der Waals surface area contributed by atoms with Crippen LogP contribution in [0.4, 0.5) is 29.3 Å². The van der Waals surface area contributed by atoms with Gasteiger partial charge in [-0.15, -0.1) is 0 Å². The Morgan fingerprint density at radius 1 is 1.06 bits per heavy atom. The van der Waals surface area contributed by atoms with Crippen LogP contribution in [0, 0.1) is 18.8 Å². The minimum Gasteiger partial charge on any atom is -0.308 e. The molecule has 0 unspecified atom stereocenters. The van der Waals surface area contributed by atoms with Gasteiger partial charge in [-0.25, -0.2) is 4.79 Å². The van der Waals surface area contributed by atoms with Crippen LogP contribution >= 0.6 is 0 Å². The number of pyridine rings is 1. The summed E-state index contributed by atoms with van der Waals surface area (Å²) >= 11 is 0. The van der Waals surface area contributed by atoms with Crippen LogP contribution in [0.1, 0.15) is 22.3 Å². The number of H-pyrrole nitrogens is 1. The highest BCUT2D eigenvalue weighted by atomic mass is 19.4. The molecule has 0 aliphatic heterocycles. The molecule has 0 aliphatic carbocycles. The maximum atomic E-state index is 12.9. The zero-order valence-corrected chi connectivity index (χ0v) is 17.4. The van der Waals surface area contributed by atoms with Gasteiger partial charge in [0.25, 0.3) is 0 Å². The van der Waals surface area contributed by atoms with E-state index in [4.69, 9.17) is 0 Å². The van der Waals surface area contributed by atoms with E-state index in [0.717, 1.165) is 39.7 Å². The molecule has 2 aromatic carbocycles. The molecule has 3 N–H and O–H groups in total. The van der Waals surface area contributed by atoms with Crippen LogP contribution in [-0.2, 0) is 12.6 Å². The number of aryl methyl sites for hydroxylation is 1. The highest BCUT2D eigenvalue weighted by molar-refractivity contribution is 5.99. The fourth-order valence-corrected chi connectivity index (χ4v) is 3.20. The van der Waals surface area contributed by atoms with Crippen molar-refractivity contribution >= 4 is 28.3 Å². The van der Waals surface area contributed by atoms with E-state index in [1.54, 1.807) is 30.7 Å². The summed E-state index contributed by atoms with van der Waals surface area (Å²) in [6.45, 7) is 1.90. The lowest BCUT2D eigenvalue weighted by Crippen LogP contribution is -2.20. The topological polar surface area (TPSA) is 82.7 Å². The van der Waals surface area contributed by atoms with Gasteiger partial charge >= 0.3 is 12.2 Å². The second-order valence-corrected chi connectivity index (χ2v) is 7.30. The molecule has 9 heteroatoms. The van der Waals surface area contributed by atoms with Crippen LogP contribution in [-0.4, -0.2) is 21.2 Å². The van der Waals surface area contributed by atoms with E-state index >= 15 is 0 Å². The number of aromatic nitrogens is 3. The first-order valence-corrected chi connectivity index (χ1v) is 9.90. The van der Waals surface area contributed by atoms with Gasteiger partial charge in [-0.2, -0.15) is 18.3 Å². The molecular formula is C24H18F3N5O. The van der Waals surface area contributed by atoms with Gasteiger partial charge < -0.3 is 10.6 Å². The molecule has 2 aromatic heterocycles. The Morgan fingerprint density at radius 2 is 1.85 bits per heavy atom. The van der Waals surface area contributed by atoms with Crippen molar-refractivity contribution in [1.29, 1.82) is 0 Å². The Balaban J connectivity index is 1.45. The number of carbonyl (C=O) groups excluding carboxylic acids is 1. The standard InChI is InChI=1S/C24H18F3N5O/c1-15-8-9-20(31-23(33)30-19-7-3-6-18(11-19)24(25,26)27)10-16(15)4-2-5-17-12-28-14-22-21(17)13-29-32-22/h3,6-14H,5H2,1H3,(H,29,32)(H2,30,31,33). The van der Waals surface area contributed by atoms with Gasteiger partial charge in [-0.05, 0) is 48.4 Å². The number of aromatic amines is 1. The molecule has 0 saturated carbocycles. The van der Waals surface area contributed by atoms with Crippen LogP contribution in [0.5, 0.6) is 0 Å². The van der Waals surface area contributed by atoms with E-state index in [1.807, 2.05) is 13.0 Å². The van der Waals surface area contributed by atoms with Gasteiger partial charge in [0.15, 0.2) is 0 Å². The van der Waals surface area contributed by atoms with Crippen molar-refractivity contribution in [3.8, 4) is 11.8 Å². The number of hydrogen-bond donors (Lipinski definition) is 3. The Morgan fingerprint density at radius 3 is 2.64 bits per heavy atom. The molecule has 0 saturated heterocycles. The summed E-state index contributed by atoms with van der Waals surface area (Å²) in [6.07, 6.45) is 1.15. The van der Waals surface area contributed by atoms with E-state index in [2.05, 4.69) is 37.7 Å². The summed E-state index contributed by atoms with van der Waals surface area (Å²) in [5.74, 6) is 6.22. The van der Waals surface area contributed by atoms with Crippen molar-refractivity contribution in [3.63, 3.8) is 0 Å². The number of rotatable bonds is 3. The average molecular weight is 449 g/mol. The molecule has 166 valence electrons. The van der Waals surface area contributed by atoms with E-state index in [9.17, 15) is 18.0 Å². The number of fused-ring (bicyclic) bond motifs is 1. The molecule has 0 fully saturated rings. The van der Waals surface area contributed by atoms with Crippen LogP contribution in [0.3, 0.4) is 0 Å². The van der Waals surface area contributed by atoms with Gasteiger partial charge in [-0.1, -0.05) is 24.0 Å². The predicted octanol–water partition coefficient (Wildman–Crippen LogP) is 5.52. The number of nitrogens with zero attached hydrogens (tertiary/aromatic N) is 2. The maximum Gasteiger partial charge on any atom is 0.416 e. The Labute approximate surface area is 187 Å². The van der Waals surface area contributed by atoms with Crippen molar-refractivity contribution in [2.75, 3.05) is 10.6 Å². The van der Waals surface area contributed by atoms with Crippen LogP contribution in [0.2, 0.25) is 0 Å². The number of nitrogens with one attached hydrogen (secondary N) is 3. The predicted molar refractivity (Wildman–Crippen MR) is 120 cm³/mol. The Bertz CT molecular complexity index is 1380. The minimum absolute atomic E-state index is 0.0384. The van der Waals surface area contributed by atoms with E-state index in [0.29, 0.717) is 12.1 Å².